The molecule has 170 valence electrons. The number of hydrogen-bond donors (Lipinski definition) is 2. The second-order valence-corrected chi connectivity index (χ2v) is 10.5. The average Bonchev–Trinajstić information content (AvgIpc) is 3.27. The summed E-state index contributed by atoms with van der Waals surface area (Å²) in [5.74, 6) is -0.195. The SMILES string of the molecule is COc1ccc(N2C[C@@H](C)N[C@@H](C)C2)cc1NS(=O)(=O)c1ccc(-c2ccsc2)c(F)c1. The molecule has 32 heavy (non-hydrogen) atoms. The van der Waals surface area contributed by atoms with Crippen molar-refractivity contribution in [1.29, 1.82) is 0 Å². The zero-order valence-electron chi connectivity index (χ0n) is 18.1. The smallest absolute Gasteiger partial charge is 0.262 e. The first-order valence-electron chi connectivity index (χ1n) is 10.3. The Kier molecular flexibility index (Phi) is 6.41. The fraction of sp³-hybridized carbons (Fsp3) is 0.304. The molecule has 1 aliphatic heterocycles. The van der Waals surface area contributed by atoms with Gasteiger partial charge in [-0.1, -0.05) is 6.07 Å². The van der Waals surface area contributed by atoms with E-state index >= 15 is 0 Å². The molecule has 2 aromatic carbocycles. The van der Waals surface area contributed by atoms with E-state index in [4.69, 9.17) is 4.74 Å². The van der Waals surface area contributed by atoms with E-state index in [2.05, 4.69) is 28.8 Å². The second-order valence-electron chi connectivity index (χ2n) is 8.02. The number of halogens is 1. The Balaban J connectivity index is 1.63. The minimum Gasteiger partial charge on any atom is -0.495 e. The topological polar surface area (TPSA) is 70.7 Å². The summed E-state index contributed by atoms with van der Waals surface area (Å²) in [6.07, 6.45) is 0. The first-order valence-corrected chi connectivity index (χ1v) is 12.7. The van der Waals surface area contributed by atoms with Crippen molar-refractivity contribution in [3.63, 3.8) is 0 Å². The Morgan fingerprint density at radius 3 is 2.50 bits per heavy atom. The van der Waals surface area contributed by atoms with Crippen LogP contribution in [0.4, 0.5) is 15.8 Å². The summed E-state index contributed by atoms with van der Waals surface area (Å²) in [5.41, 5.74) is 2.29. The first-order chi connectivity index (χ1) is 15.3. The normalized spacial score (nSPS) is 19.1. The van der Waals surface area contributed by atoms with Gasteiger partial charge >= 0.3 is 0 Å². The van der Waals surface area contributed by atoms with Gasteiger partial charge < -0.3 is 15.0 Å². The molecule has 0 unspecified atom stereocenters. The summed E-state index contributed by atoms with van der Waals surface area (Å²) >= 11 is 1.45. The summed E-state index contributed by atoms with van der Waals surface area (Å²) in [6, 6.07) is 11.8. The molecule has 0 spiro atoms. The van der Waals surface area contributed by atoms with Crippen molar-refractivity contribution >= 4 is 32.7 Å². The molecule has 1 aromatic heterocycles. The lowest BCUT2D eigenvalue weighted by Crippen LogP contribution is -2.54. The van der Waals surface area contributed by atoms with Crippen LogP contribution in [0.25, 0.3) is 11.1 Å². The number of benzene rings is 2. The maximum absolute atomic E-state index is 14.7. The van der Waals surface area contributed by atoms with E-state index in [1.165, 1.54) is 30.6 Å². The molecule has 2 N–H and O–H groups in total. The largest absolute Gasteiger partial charge is 0.495 e. The number of rotatable bonds is 6. The number of methoxy groups -OCH3 is 1. The van der Waals surface area contributed by atoms with E-state index in [0.717, 1.165) is 30.4 Å². The van der Waals surface area contributed by atoms with Crippen molar-refractivity contribution in [3.05, 3.63) is 59.0 Å². The van der Waals surface area contributed by atoms with E-state index in [0.29, 0.717) is 29.1 Å². The van der Waals surface area contributed by atoms with Crippen LogP contribution >= 0.6 is 11.3 Å². The molecule has 0 aliphatic carbocycles. The van der Waals surface area contributed by atoms with Gasteiger partial charge in [-0.3, -0.25) is 4.72 Å². The Bertz CT molecular complexity index is 1190. The first kappa shape index (κ1) is 22.6. The van der Waals surface area contributed by atoms with Crippen molar-refractivity contribution in [3.8, 4) is 16.9 Å². The lowest BCUT2D eigenvalue weighted by atomic mass is 10.1. The van der Waals surface area contributed by atoms with Gasteiger partial charge in [0.25, 0.3) is 10.0 Å². The van der Waals surface area contributed by atoms with Crippen LogP contribution in [0.3, 0.4) is 0 Å². The van der Waals surface area contributed by atoms with Crippen molar-refractivity contribution in [2.75, 3.05) is 29.8 Å². The molecule has 3 aromatic rings. The molecule has 0 saturated carbocycles. The lowest BCUT2D eigenvalue weighted by molar-refractivity contribution is 0.406. The van der Waals surface area contributed by atoms with Crippen LogP contribution in [-0.2, 0) is 10.0 Å². The molecular formula is C23H26FN3O3S2. The Labute approximate surface area is 192 Å². The van der Waals surface area contributed by atoms with Crippen LogP contribution in [0.1, 0.15) is 13.8 Å². The quantitative estimate of drug-likeness (QED) is 0.547. The van der Waals surface area contributed by atoms with Crippen LogP contribution < -0.4 is 19.7 Å². The summed E-state index contributed by atoms with van der Waals surface area (Å²) in [7, 11) is -2.54. The Morgan fingerprint density at radius 2 is 1.88 bits per heavy atom. The van der Waals surface area contributed by atoms with Gasteiger partial charge in [-0.05, 0) is 66.6 Å². The van der Waals surface area contributed by atoms with Crippen molar-refractivity contribution < 1.29 is 17.5 Å². The van der Waals surface area contributed by atoms with E-state index < -0.39 is 15.8 Å². The van der Waals surface area contributed by atoms with Crippen LogP contribution in [0.15, 0.2) is 58.1 Å². The molecule has 0 amide bonds. The monoisotopic (exact) mass is 475 g/mol. The number of sulfonamides is 1. The summed E-state index contributed by atoms with van der Waals surface area (Å²) in [5, 5.41) is 7.15. The van der Waals surface area contributed by atoms with Crippen LogP contribution in [0, 0.1) is 5.82 Å². The highest BCUT2D eigenvalue weighted by molar-refractivity contribution is 7.92. The number of nitrogens with one attached hydrogen (secondary N) is 2. The standard InChI is InChI=1S/C23H26FN3O3S2/c1-15-12-27(13-16(2)25-15)18-4-7-23(30-3)22(10-18)26-32(28,29)19-5-6-20(21(24)11-19)17-8-9-31-14-17/h4-11,14-16,25-26H,12-13H2,1-3H3/t15-,16+. The summed E-state index contributed by atoms with van der Waals surface area (Å²) in [6.45, 7) is 5.84. The van der Waals surface area contributed by atoms with Gasteiger partial charge in [0.15, 0.2) is 0 Å². The Hall–Kier alpha value is -2.62. The second kappa shape index (κ2) is 9.09. The van der Waals surface area contributed by atoms with Gasteiger partial charge in [-0.2, -0.15) is 11.3 Å². The lowest BCUT2D eigenvalue weighted by Gasteiger charge is -2.38. The molecule has 0 bridgehead atoms. The molecule has 2 atom stereocenters. The highest BCUT2D eigenvalue weighted by atomic mass is 32.2. The van der Waals surface area contributed by atoms with Crippen molar-refractivity contribution in [2.24, 2.45) is 0 Å². The molecule has 1 fully saturated rings. The van der Waals surface area contributed by atoms with Gasteiger partial charge in [0.05, 0.1) is 17.7 Å². The molecule has 6 nitrogen and oxygen atoms in total. The maximum atomic E-state index is 14.7. The van der Waals surface area contributed by atoms with E-state index in [1.807, 2.05) is 16.8 Å². The van der Waals surface area contributed by atoms with Crippen molar-refractivity contribution in [1.82, 2.24) is 5.32 Å². The molecular weight excluding hydrogens is 449 g/mol. The minimum atomic E-state index is -4.02. The fourth-order valence-electron chi connectivity index (χ4n) is 4.03. The molecule has 0 radical (unpaired) electrons. The predicted octanol–water partition coefficient (Wildman–Crippen LogP) is 4.55. The number of anilines is 2. The van der Waals surface area contributed by atoms with Crippen molar-refractivity contribution in [2.45, 2.75) is 30.8 Å². The number of nitrogens with zero attached hydrogens (tertiary/aromatic N) is 1. The number of hydrogen-bond acceptors (Lipinski definition) is 6. The highest BCUT2D eigenvalue weighted by Gasteiger charge is 2.23. The zero-order valence-corrected chi connectivity index (χ0v) is 19.8. The number of thiophene rings is 1. The summed E-state index contributed by atoms with van der Waals surface area (Å²) < 4.78 is 48.7. The van der Waals surface area contributed by atoms with Gasteiger partial charge in [0.1, 0.15) is 11.6 Å². The third-order valence-corrected chi connectivity index (χ3v) is 7.48. The van der Waals surface area contributed by atoms with Gasteiger partial charge in [-0.15, -0.1) is 0 Å². The molecule has 2 heterocycles. The van der Waals surface area contributed by atoms with Crippen LogP contribution in [0.2, 0.25) is 0 Å². The third-order valence-electron chi connectivity index (χ3n) is 5.43. The van der Waals surface area contributed by atoms with E-state index in [-0.39, 0.29) is 4.90 Å². The third kappa shape index (κ3) is 4.74. The highest BCUT2D eigenvalue weighted by Crippen LogP contribution is 2.33. The van der Waals surface area contributed by atoms with E-state index in [9.17, 15) is 12.8 Å². The summed E-state index contributed by atoms with van der Waals surface area (Å²) in [4.78, 5) is 2.06. The molecule has 1 aliphatic rings. The van der Waals surface area contributed by atoms with E-state index in [1.54, 1.807) is 18.2 Å². The number of ether oxygens (including phenoxy) is 1. The predicted molar refractivity (Wildman–Crippen MR) is 128 cm³/mol. The van der Waals surface area contributed by atoms with Crippen LogP contribution in [0.5, 0.6) is 5.75 Å². The van der Waals surface area contributed by atoms with Gasteiger partial charge in [0.2, 0.25) is 0 Å². The Morgan fingerprint density at radius 1 is 1.12 bits per heavy atom. The van der Waals surface area contributed by atoms with Gasteiger partial charge in [-0.25, -0.2) is 12.8 Å². The van der Waals surface area contributed by atoms with Gasteiger partial charge in [0, 0.05) is 36.4 Å². The molecule has 4 rings (SSSR count). The minimum absolute atomic E-state index is 0.147. The fourth-order valence-corrected chi connectivity index (χ4v) is 5.76. The zero-order chi connectivity index (χ0) is 22.9. The maximum Gasteiger partial charge on any atom is 0.262 e. The molecule has 1 saturated heterocycles. The molecule has 9 heteroatoms. The average molecular weight is 476 g/mol. The van der Waals surface area contributed by atoms with Crippen LogP contribution in [-0.4, -0.2) is 40.7 Å². The number of piperazine rings is 1.